The summed E-state index contributed by atoms with van der Waals surface area (Å²) in [6.45, 7) is 10.1. The average Bonchev–Trinajstić information content (AvgIpc) is 2.48. The maximum absolute atomic E-state index is 12.8. The zero-order valence-corrected chi connectivity index (χ0v) is 15.3. The Balaban J connectivity index is 2.95. The van der Waals surface area contributed by atoms with Gasteiger partial charge in [-0.05, 0) is 60.1 Å². The van der Waals surface area contributed by atoms with Crippen molar-refractivity contribution in [3.05, 3.63) is 28.2 Å². The van der Waals surface area contributed by atoms with Crippen molar-refractivity contribution in [1.82, 2.24) is 4.90 Å². The zero-order valence-electron chi connectivity index (χ0n) is 13.7. The van der Waals surface area contributed by atoms with Gasteiger partial charge in [0.2, 0.25) is 0 Å². The highest BCUT2D eigenvalue weighted by molar-refractivity contribution is 9.10. The molecular weight excluding hydrogens is 330 g/mol. The van der Waals surface area contributed by atoms with Gasteiger partial charge in [-0.3, -0.25) is 9.69 Å². The summed E-state index contributed by atoms with van der Waals surface area (Å²) in [5, 5.41) is 0. The number of ether oxygens (including phenoxy) is 1. The number of carbonyl (C=O) groups is 1. The van der Waals surface area contributed by atoms with Gasteiger partial charge in [-0.1, -0.05) is 26.8 Å². The van der Waals surface area contributed by atoms with Crippen molar-refractivity contribution in [3.8, 4) is 5.75 Å². The lowest BCUT2D eigenvalue weighted by atomic mass is 9.87. The lowest BCUT2D eigenvalue weighted by Crippen LogP contribution is -2.52. The van der Waals surface area contributed by atoms with Crippen LogP contribution in [0.3, 0.4) is 0 Å². The second-order valence-corrected chi connectivity index (χ2v) is 6.22. The summed E-state index contributed by atoms with van der Waals surface area (Å²) in [6.07, 6.45) is 1.27. The summed E-state index contributed by atoms with van der Waals surface area (Å²) < 4.78 is 6.11. The van der Waals surface area contributed by atoms with E-state index in [2.05, 4.69) is 48.5 Å². The number of halogens is 1. The number of benzene rings is 1. The molecule has 0 aliphatic heterocycles. The highest BCUT2D eigenvalue weighted by atomic mass is 79.9. The molecule has 1 aromatic carbocycles. The van der Waals surface area contributed by atoms with Crippen LogP contribution in [0.5, 0.6) is 5.75 Å². The van der Waals surface area contributed by atoms with E-state index < -0.39 is 5.54 Å². The molecule has 0 amide bonds. The van der Waals surface area contributed by atoms with E-state index in [9.17, 15) is 4.79 Å². The standard InChI is InChI=1S/C17H26BrNO2/c1-6-17(4,19(7-2)8-3)16(20)12-13-9-10-15(21-5)14(18)11-13/h9-11H,6-8,12H2,1-5H3. The number of Topliss-reactive ketones (excluding diaryl/α,β-unsaturated/α-hetero) is 1. The van der Waals surface area contributed by atoms with Crippen molar-refractivity contribution in [2.75, 3.05) is 20.2 Å². The van der Waals surface area contributed by atoms with E-state index in [1.807, 2.05) is 18.2 Å². The minimum atomic E-state index is -0.393. The van der Waals surface area contributed by atoms with Crippen molar-refractivity contribution < 1.29 is 9.53 Å². The van der Waals surface area contributed by atoms with Crippen LogP contribution in [0.15, 0.2) is 22.7 Å². The second-order valence-electron chi connectivity index (χ2n) is 5.37. The predicted octanol–water partition coefficient (Wildman–Crippen LogP) is 4.08. The first-order valence-electron chi connectivity index (χ1n) is 7.53. The molecule has 1 atom stereocenters. The smallest absolute Gasteiger partial charge is 0.157 e. The Hall–Kier alpha value is -0.870. The highest BCUT2D eigenvalue weighted by Crippen LogP contribution is 2.27. The van der Waals surface area contributed by atoms with Gasteiger partial charge in [0, 0.05) is 6.42 Å². The molecule has 0 heterocycles. The highest BCUT2D eigenvalue weighted by Gasteiger charge is 2.35. The van der Waals surface area contributed by atoms with Crippen LogP contribution in [0, 0.1) is 0 Å². The van der Waals surface area contributed by atoms with Crippen molar-refractivity contribution >= 4 is 21.7 Å². The molecule has 0 aliphatic carbocycles. The van der Waals surface area contributed by atoms with Crippen LogP contribution in [-0.2, 0) is 11.2 Å². The van der Waals surface area contributed by atoms with Crippen molar-refractivity contribution in [2.24, 2.45) is 0 Å². The molecule has 0 saturated heterocycles. The number of hydrogen-bond acceptors (Lipinski definition) is 3. The number of likely N-dealkylation sites (N-methyl/N-ethyl adjacent to an activating group) is 1. The molecule has 0 bridgehead atoms. The maximum Gasteiger partial charge on any atom is 0.157 e. The largest absolute Gasteiger partial charge is 0.496 e. The van der Waals surface area contributed by atoms with Crippen LogP contribution in [0.2, 0.25) is 0 Å². The number of nitrogens with zero attached hydrogens (tertiary/aromatic N) is 1. The van der Waals surface area contributed by atoms with Crippen molar-refractivity contribution in [3.63, 3.8) is 0 Å². The molecule has 21 heavy (non-hydrogen) atoms. The van der Waals surface area contributed by atoms with E-state index in [0.717, 1.165) is 35.3 Å². The van der Waals surface area contributed by atoms with Crippen LogP contribution >= 0.6 is 15.9 Å². The van der Waals surface area contributed by atoms with Crippen LogP contribution < -0.4 is 4.74 Å². The molecule has 1 rings (SSSR count). The van der Waals surface area contributed by atoms with E-state index in [0.29, 0.717) is 6.42 Å². The number of hydrogen-bond donors (Lipinski definition) is 0. The fourth-order valence-corrected chi connectivity index (χ4v) is 3.30. The predicted molar refractivity (Wildman–Crippen MR) is 91.0 cm³/mol. The first kappa shape index (κ1) is 18.2. The molecule has 0 aromatic heterocycles. The van der Waals surface area contributed by atoms with Crippen LogP contribution in [0.1, 0.15) is 39.7 Å². The number of methoxy groups -OCH3 is 1. The van der Waals surface area contributed by atoms with Gasteiger partial charge in [-0.2, -0.15) is 0 Å². The van der Waals surface area contributed by atoms with Crippen LogP contribution in [-0.4, -0.2) is 36.4 Å². The summed E-state index contributed by atoms with van der Waals surface area (Å²) in [7, 11) is 1.64. The number of ketones is 1. The zero-order chi connectivity index (χ0) is 16.0. The number of rotatable bonds is 8. The first-order chi connectivity index (χ1) is 9.92. The Labute approximate surface area is 136 Å². The average molecular weight is 356 g/mol. The lowest BCUT2D eigenvalue weighted by molar-refractivity contribution is -0.129. The molecule has 0 radical (unpaired) electrons. The second kappa shape index (κ2) is 7.95. The third-order valence-electron chi connectivity index (χ3n) is 4.33. The maximum atomic E-state index is 12.8. The molecule has 0 spiro atoms. The Kier molecular flexibility index (Phi) is 6.88. The molecule has 3 nitrogen and oxygen atoms in total. The SMILES string of the molecule is CCN(CC)C(C)(CC)C(=O)Cc1ccc(OC)c(Br)c1. The third kappa shape index (κ3) is 4.07. The van der Waals surface area contributed by atoms with Gasteiger partial charge in [0.05, 0.1) is 17.1 Å². The van der Waals surface area contributed by atoms with Gasteiger partial charge in [-0.15, -0.1) is 0 Å². The quantitative estimate of drug-likeness (QED) is 0.703. The van der Waals surface area contributed by atoms with Gasteiger partial charge in [0.1, 0.15) is 5.75 Å². The Morgan fingerprint density at radius 1 is 1.29 bits per heavy atom. The molecule has 0 saturated carbocycles. The summed E-state index contributed by atoms with van der Waals surface area (Å²) >= 11 is 3.47. The van der Waals surface area contributed by atoms with Crippen LogP contribution in [0.25, 0.3) is 0 Å². The van der Waals surface area contributed by atoms with E-state index in [-0.39, 0.29) is 5.78 Å². The fourth-order valence-electron chi connectivity index (χ4n) is 2.71. The molecule has 1 aromatic rings. The van der Waals surface area contributed by atoms with Gasteiger partial charge in [-0.25, -0.2) is 0 Å². The summed E-state index contributed by atoms with van der Waals surface area (Å²) in [4.78, 5) is 15.0. The Morgan fingerprint density at radius 2 is 1.90 bits per heavy atom. The van der Waals surface area contributed by atoms with E-state index in [1.165, 1.54) is 0 Å². The summed E-state index contributed by atoms with van der Waals surface area (Å²) in [6, 6.07) is 5.82. The molecule has 0 N–H and O–H groups in total. The lowest BCUT2D eigenvalue weighted by Gasteiger charge is -2.38. The van der Waals surface area contributed by atoms with Gasteiger partial charge >= 0.3 is 0 Å². The molecular formula is C17H26BrNO2. The third-order valence-corrected chi connectivity index (χ3v) is 4.95. The molecule has 4 heteroatoms. The topological polar surface area (TPSA) is 29.5 Å². The molecule has 118 valence electrons. The summed E-state index contributed by atoms with van der Waals surface area (Å²) in [5.74, 6) is 1.05. The van der Waals surface area contributed by atoms with Gasteiger partial charge in [0.25, 0.3) is 0 Å². The van der Waals surface area contributed by atoms with Crippen molar-refractivity contribution in [1.29, 1.82) is 0 Å². The Bertz CT molecular complexity index is 486. The number of carbonyl (C=O) groups excluding carboxylic acids is 1. The fraction of sp³-hybridized carbons (Fsp3) is 0.588. The summed E-state index contributed by atoms with van der Waals surface area (Å²) in [5.41, 5.74) is 0.620. The van der Waals surface area contributed by atoms with E-state index in [1.54, 1.807) is 7.11 Å². The Morgan fingerprint density at radius 3 is 2.33 bits per heavy atom. The van der Waals surface area contributed by atoms with E-state index >= 15 is 0 Å². The molecule has 0 fully saturated rings. The van der Waals surface area contributed by atoms with Crippen molar-refractivity contribution in [2.45, 2.75) is 46.1 Å². The minimum absolute atomic E-state index is 0.269. The normalized spacial score (nSPS) is 14.0. The van der Waals surface area contributed by atoms with Crippen LogP contribution in [0.4, 0.5) is 0 Å². The monoisotopic (exact) mass is 355 g/mol. The minimum Gasteiger partial charge on any atom is -0.496 e. The van der Waals surface area contributed by atoms with E-state index in [4.69, 9.17) is 4.74 Å². The molecule has 0 aliphatic rings. The van der Waals surface area contributed by atoms with Gasteiger partial charge < -0.3 is 4.74 Å². The first-order valence-corrected chi connectivity index (χ1v) is 8.32. The molecule has 1 unspecified atom stereocenters. The van der Waals surface area contributed by atoms with Gasteiger partial charge in [0.15, 0.2) is 5.78 Å².